The van der Waals surface area contributed by atoms with Crippen LogP contribution in [0.1, 0.15) is 55.6 Å². The van der Waals surface area contributed by atoms with Crippen molar-refractivity contribution >= 4 is 26.8 Å². The number of nitrogens with one attached hydrogen (secondary N) is 2. The molecule has 1 fully saturated rings. The van der Waals surface area contributed by atoms with E-state index in [-0.39, 0.29) is 51.9 Å². The van der Waals surface area contributed by atoms with Crippen molar-refractivity contribution in [3.63, 3.8) is 0 Å². The molecule has 3 atom stereocenters. The Morgan fingerprint density at radius 1 is 1.00 bits per heavy atom. The molecule has 4 aromatic rings. The van der Waals surface area contributed by atoms with Crippen molar-refractivity contribution in [2.24, 2.45) is 5.92 Å². The summed E-state index contributed by atoms with van der Waals surface area (Å²) in [6, 6.07) is 20.7. The van der Waals surface area contributed by atoms with E-state index >= 15 is 0 Å². The Morgan fingerprint density at radius 2 is 1.69 bits per heavy atom. The van der Waals surface area contributed by atoms with E-state index in [1.165, 1.54) is 12.1 Å². The molecule has 1 aromatic heterocycles. The zero-order valence-electron chi connectivity index (χ0n) is 25.6. The number of H-pyrrole nitrogens is 1. The molecule has 45 heavy (non-hydrogen) atoms. The van der Waals surface area contributed by atoms with E-state index < -0.39 is 33.5 Å². The minimum atomic E-state index is -4.57. The van der Waals surface area contributed by atoms with Crippen LogP contribution >= 0.6 is 0 Å². The van der Waals surface area contributed by atoms with Crippen molar-refractivity contribution in [3.8, 4) is 0 Å². The molecule has 7 nitrogen and oxygen atoms in total. The van der Waals surface area contributed by atoms with Gasteiger partial charge in [0.15, 0.2) is 9.84 Å². The Bertz CT molecular complexity index is 1720. The van der Waals surface area contributed by atoms with Gasteiger partial charge in [-0.05, 0) is 87.9 Å². The van der Waals surface area contributed by atoms with Gasteiger partial charge in [-0.2, -0.15) is 13.2 Å². The molecule has 1 heterocycles. The number of carbonyl (C=O) groups excluding carboxylic acids is 1. The number of benzene rings is 3. The SMILES string of the molecule is CC(C)N(C)[C@@H]1CC[C@H](NC(=O)Cc2nc3c(C(F)(F)F)cccc3[nH]2)[C@H](CS(=O)(=O)c2ccc(Cc3ccccc3)cc2)C1. The summed E-state index contributed by atoms with van der Waals surface area (Å²) in [5.41, 5.74) is 1.24. The Labute approximate surface area is 262 Å². The summed E-state index contributed by atoms with van der Waals surface area (Å²) in [6.07, 6.45) is -2.17. The van der Waals surface area contributed by atoms with E-state index in [4.69, 9.17) is 0 Å². The number of amides is 1. The first-order chi connectivity index (χ1) is 21.3. The van der Waals surface area contributed by atoms with Crippen LogP contribution in [0.2, 0.25) is 0 Å². The van der Waals surface area contributed by atoms with Gasteiger partial charge in [0, 0.05) is 18.1 Å². The molecular formula is C34H39F3N4O3S. The lowest BCUT2D eigenvalue weighted by molar-refractivity contribution is -0.136. The number of nitrogens with zero attached hydrogens (tertiary/aromatic N) is 2. The van der Waals surface area contributed by atoms with E-state index in [9.17, 15) is 26.4 Å². The van der Waals surface area contributed by atoms with Crippen molar-refractivity contribution in [3.05, 3.63) is 95.3 Å². The highest BCUT2D eigenvalue weighted by molar-refractivity contribution is 7.91. The largest absolute Gasteiger partial charge is 0.418 e. The van der Waals surface area contributed by atoms with Gasteiger partial charge in [-0.15, -0.1) is 0 Å². The smallest absolute Gasteiger partial charge is 0.353 e. The fraction of sp³-hybridized carbons (Fsp3) is 0.412. The Kier molecular flexibility index (Phi) is 9.69. The second-order valence-corrected chi connectivity index (χ2v) is 14.3. The zero-order chi connectivity index (χ0) is 32.4. The van der Waals surface area contributed by atoms with Gasteiger partial charge < -0.3 is 15.2 Å². The summed E-state index contributed by atoms with van der Waals surface area (Å²) in [7, 11) is -1.65. The van der Waals surface area contributed by atoms with Crippen LogP contribution in [0, 0.1) is 5.92 Å². The summed E-state index contributed by atoms with van der Waals surface area (Å²) in [4.78, 5) is 22.6. The normalized spacial score (nSPS) is 19.3. The van der Waals surface area contributed by atoms with Crippen LogP contribution in [0.4, 0.5) is 13.2 Å². The third kappa shape index (κ3) is 7.94. The summed E-state index contributed by atoms with van der Waals surface area (Å²) >= 11 is 0. The molecular weight excluding hydrogens is 601 g/mol. The topological polar surface area (TPSA) is 95.2 Å². The molecule has 0 unspecified atom stereocenters. The maximum absolute atomic E-state index is 13.7. The first-order valence-electron chi connectivity index (χ1n) is 15.2. The van der Waals surface area contributed by atoms with Gasteiger partial charge in [0.2, 0.25) is 5.91 Å². The van der Waals surface area contributed by atoms with Crippen LogP contribution in [-0.2, 0) is 33.6 Å². The molecule has 0 spiro atoms. The quantitative estimate of drug-likeness (QED) is 0.216. The summed E-state index contributed by atoms with van der Waals surface area (Å²) in [5.74, 6) is -0.781. The number of aromatic amines is 1. The van der Waals surface area contributed by atoms with Gasteiger partial charge in [0.05, 0.1) is 28.1 Å². The number of halogens is 3. The molecule has 1 saturated carbocycles. The molecule has 0 bridgehead atoms. The highest BCUT2D eigenvalue weighted by Gasteiger charge is 2.37. The third-order valence-electron chi connectivity index (χ3n) is 8.85. The summed E-state index contributed by atoms with van der Waals surface area (Å²) < 4.78 is 67.7. The Morgan fingerprint density at radius 3 is 2.36 bits per heavy atom. The standard InChI is InChI=1S/C34H39F3N4O3S/c1-22(2)41(3)26-14-17-29(39-32(42)20-31-38-30-11-7-10-28(33(30)40-31)34(35,36)37)25(19-26)21-45(43,44)27-15-12-24(13-16-27)18-23-8-5-4-6-9-23/h4-13,15-16,22,25-26,29H,14,17-21H2,1-3H3,(H,38,40)(H,39,42)/t25-,26+,29-/m0/s1. The van der Waals surface area contributed by atoms with Gasteiger partial charge in [-0.1, -0.05) is 48.5 Å². The predicted octanol–water partition coefficient (Wildman–Crippen LogP) is 6.18. The second kappa shape index (κ2) is 13.3. The average Bonchev–Trinajstić information content (AvgIpc) is 3.40. The van der Waals surface area contributed by atoms with Gasteiger partial charge in [0.1, 0.15) is 11.3 Å². The van der Waals surface area contributed by atoms with E-state index in [0.29, 0.717) is 19.3 Å². The fourth-order valence-electron chi connectivity index (χ4n) is 6.23. The number of rotatable bonds is 10. The van der Waals surface area contributed by atoms with Crippen molar-refractivity contribution < 1.29 is 26.4 Å². The van der Waals surface area contributed by atoms with E-state index in [1.54, 1.807) is 12.1 Å². The van der Waals surface area contributed by atoms with Crippen molar-refractivity contribution in [1.82, 2.24) is 20.2 Å². The van der Waals surface area contributed by atoms with Crippen molar-refractivity contribution in [2.75, 3.05) is 12.8 Å². The van der Waals surface area contributed by atoms with Gasteiger partial charge in [0.25, 0.3) is 0 Å². The molecule has 1 aliphatic carbocycles. The number of alkyl halides is 3. The molecule has 0 aliphatic heterocycles. The molecule has 1 aliphatic rings. The molecule has 0 saturated heterocycles. The number of carbonyl (C=O) groups is 1. The van der Waals surface area contributed by atoms with Crippen molar-refractivity contribution in [1.29, 1.82) is 0 Å². The monoisotopic (exact) mass is 640 g/mol. The number of para-hydroxylation sites is 1. The molecule has 240 valence electrons. The van der Waals surface area contributed by atoms with Crippen LogP contribution in [0.15, 0.2) is 77.7 Å². The van der Waals surface area contributed by atoms with Gasteiger partial charge in [-0.25, -0.2) is 13.4 Å². The van der Waals surface area contributed by atoms with Crippen LogP contribution in [0.25, 0.3) is 11.0 Å². The minimum Gasteiger partial charge on any atom is -0.353 e. The molecule has 5 rings (SSSR count). The molecule has 11 heteroatoms. The highest BCUT2D eigenvalue weighted by atomic mass is 32.2. The fourth-order valence-corrected chi connectivity index (χ4v) is 7.91. The molecule has 0 radical (unpaired) electrons. The maximum Gasteiger partial charge on any atom is 0.418 e. The third-order valence-corrected chi connectivity index (χ3v) is 10.7. The number of sulfone groups is 1. The Balaban J connectivity index is 1.31. The number of fused-ring (bicyclic) bond motifs is 1. The van der Waals surface area contributed by atoms with Gasteiger partial charge >= 0.3 is 6.18 Å². The average molecular weight is 641 g/mol. The lowest BCUT2D eigenvalue weighted by Crippen LogP contribution is -2.51. The van der Waals surface area contributed by atoms with Gasteiger partial charge in [-0.3, -0.25) is 4.79 Å². The second-order valence-electron chi connectivity index (χ2n) is 12.3. The number of hydrogen-bond donors (Lipinski definition) is 2. The van der Waals surface area contributed by atoms with Crippen molar-refractivity contribution in [2.45, 2.75) is 75.1 Å². The number of imidazole rings is 1. The zero-order valence-corrected chi connectivity index (χ0v) is 26.5. The first-order valence-corrected chi connectivity index (χ1v) is 16.9. The maximum atomic E-state index is 13.7. The first kappa shape index (κ1) is 32.7. The van der Waals surface area contributed by atoms with Crippen LogP contribution in [-0.4, -0.2) is 60.1 Å². The minimum absolute atomic E-state index is 0.118. The number of aromatic nitrogens is 2. The summed E-state index contributed by atoms with van der Waals surface area (Å²) in [5, 5.41) is 3.00. The predicted molar refractivity (Wildman–Crippen MR) is 169 cm³/mol. The van der Waals surface area contributed by atoms with Crippen LogP contribution in [0.5, 0.6) is 0 Å². The van der Waals surface area contributed by atoms with E-state index in [2.05, 4.69) is 34.0 Å². The number of hydrogen-bond acceptors (Lipinski definition) is 5. The van der Waals surface area contributed by atoms with Crippen LogP contribution < -0.4 is 5.32 Å². The van der Waals surface area contributed by atoms with E-state index in [1.807, 2.05) is 49.5 Å². The lowest BCUT2D eigenvalue weighted by Gasteiger charge is -2.41. The van der Waals surface area contributed by atoms with Crippen LogP contribution in [0.3, 0.4) is 0 Å². The molecule has 3 aromatic carbocycles. The lowest BCUT2D eigenvalue weighted by atomic mass is 9.81. The highest BCUT2D eigenvalue weighted by Crippen LogP contribution is 2.34. The van der Waals surface area contributed by atoms with E-state index in [0.717, 1.165) is 23.6 Å². The Hall–Kier alpha value is -3.70. The molecule has 1 amide bonds. The molecule has 2 N–H and O–H groups in total. The summed E-state index contributed by atoms with van der Waals surface area (Å²) in [6.45, 7) is 4.18.